The molecule has 1 N–H and O–H groups in total. The Morgan fingerprint density at radius 3 is 2.65 bits per heavy atom. The number of fused-ring (bicyclic) bond motifs is 2. The zero-order valence-corrected chi connectivity index (χ0v) is 17.1. The van der Waals surface area contributed by atoms with E-state index in [-0.39, 0.29) is 23.8 Å². The second-order valence-corrected chi connectivity index (χ2v) is 7.69. The highest BCUT2D eigenvalue weighted by Gasteiger charge is 2.38. The molecule has 0 bridgehead atoms. The Bertz CT molecular complexity index is 1190. The number of nitrogens with zero attached hydrogens (tertiary/aromatic N) is 2. The molecule has 3 aromatic carbocycles. The lowest BCUT2D eigenvalue weighted by atomic mass is 10.0. The molecule has 31 heavy (non-hydrogen) atoms. The second kappa shape index (κ2) is 8.06. The summed E-state index contributed by atoms with van der Waals surface area (Å²) in [6, 6.07) is 17.3. The van der Waals surface area contributed by atoms with Crippen molar-refractivity contribution >= 4 is 39.6 Å². The van der Waals surface area contributed by atoms with Crippen LogP contribution < -0.4 is 15.0 Å². The van der Waals surface area contributed by atoms with Crippen LogP contribution in [0.5, 0.6) is 5.75 Å². The summed E-state index contributed by atoms with van der Waals surface area (Å²) in [6.07, 6.45) is -0.778. The van der Waals surface area contributed by atoms with E-state index >= 15 is 0 Å². The molecule has 8 nitrogen and oxygen atoms in total. The van der Waals surface area contributed by atoms with Crippen LogP contribution in [-0.4, -0.2) is 29.4 Å². The third-order valence-corrected chi connectivity index (χ3v) is 5.18. The first-order valence-electron chi connectivity index (χ1n) is 9.89. The SMILES string of the molecule is CC(C)C1Oc2ccc([N+](=O)[O-])cc2N(CC(=O)Nc2cccc3ccccc23)C1=O. The zero-order valence-electron chi connectivity index (χ0n) is 17.1. The molecule has 0 saturated heterocycles. The van der Waals surface area contributed by atoms with E-state index in [1.165, 1.54) is 23.1 Å². The monoisotopic (exact) mass is 419 g/mol. The minimum Gasteiger partial charge on any atom is -0.478 e. The Balaban J connectivity index is 1.65. The van der Waals surface area contributed by atoms with Crippen molar-refractivity contribution in [2.24, 2.45) is 5.92 Å². The summed E-state index contributed by atoms with van der Waals surface area (Å²) in [6.45, 7) is 3.39. The minimum absolute atomic E-state index is 0.139. The number of rotatable bonds is 5. The quantitative estimate of drug-likeness (QED) is 0.495. The third kappa shape index (κ3) is 3.92. The van der Waals surface area contributed by atoms with Crippen LogP contribution in [0.2, 0.25) is 0 Å². The van der Waals surface area contributed by atoms with E-state index in [1.807, 2.05) is 50.2 Å². The Morgan fingerprint density at radius 1 is 1.16 bits per heavy atom. The van der Waals surface area contributed by atoms with E-state index in [2.05, 4.69) is 5.32 Å². The van der Waals surface area contributed by atoms with E-state index in [0.29, 0.717) is 11.4 Å². The van der Waals surface area contributed by atoms with E-state index in [4.69, 9.17) is 4.74 Å². The molecule has 4 rings (SSSR count). The van der Waals surface area contributed by atoms with Gasteiger partial charge in [-0.3, -0.25) is 24.6 Å². The van der Waals surface area contributed by atoms with Crippen molar-refractivity contribution in [3.63, 3.8) is 0 Å². The summed E-state index contributed by atoms with van der Waals surface area (Å²) >= 11 is 0. The molecule has 1 aliphatic heterocycles. The summed E-state index contributed by atoms with van der Waals surface area (Å²) in [5, 5.41) is 15.9. The van der Waals surface area contributed by atoms with Crippen LogP contribution in [0.3, 0.4) is 0 Å². The van der Waals surface area contributed by atoms with Crippen molar-refractivity contribution in [2.45, 2.75) is 20.0 Å². The maximum atomic E-state index is 13.1. The number of non-ortho nitro benzene ring substituents is 1. The number of carbonyl (C=O) groups excluding carboxylic acids is 2. The Morgan fingerprint density at radius 2 is 1.90 bits per heavy atom. The Labute approximate surface area is 178 Å². The number of hydrogen-bond donors (Lipinski definition) is 1. The first-order valence-corrected chi connectivity index (χ1v) is 9.89. The molecule has 1 heterocycles. The van der Waals surface area contributed by atoms with Gasteiger partial charge in [-0.1, -0.05) is 50.2 Å². The van der Waals surface area contributed by atoms with Gasteiger partial charge in [0, 0.05) is 23.2 Å². The predicted octanol–water partition coefficient (Wildman–Crippen LogP) is 4.14. The van der Waals surface area contributed by atoms with Crippen molar-refractivity contribution in [1.29, 1.82) is 0 Å². The molecule has 3 aromatic rings. The van der Waals surface area contributed by atoms with Crippen molar-refractivity contribution in [1.82, 2.24) is 0 Å². The lowest BCUT2D eigenvalue weighted by Gasteiger charge is -2.35. The van der Waals surface area contributed by atoms with Crippen LogP contribution in [0.1, 0.15) is 13.8 Å². The highest BCUT2D eigenvalue weighted by atomic mass is 16.6. The van der Waals surface area contributed by atoms with Gasteiger partial charge in [0.15, 0.2) is 6.10 Å². The number of nitro groups is 1. The van der Waals surface area contributed by atoms with Crippen LogP contribution in [0.4, 0.5) is 17.1 Å². The van der Waals surface area contributed by atoms with Gasteiger partial charge in [0.25, 0.3) is 11.6 Å². The zero-order chi connectivity index (χ0) is 22.1. The molecule has 2 amide bonds. The number of anilines is 2. The lowest BCUT2D eigenvalue weighted by Crippen LogP contribution is -2.50. The molecule has 1 unspecified atom stereocenters. The highest BCUT2D eigenvalue weighted by Crippen LogP contribution is 2.38. The number of ether oxygens (including phenoxy) is 1. The molecule has 0 spiro atoms. The number of hydrogen-bond acceptors (Lipinski definition) is 5. The van der Waals surface area contributed by atoms with Crippen LogP contribution in [0, 0.1) is 16.0 Å². The Hall–Kier alpha value is -3.94. The van der Waals surface area contributed by atoms with Crippen LogP contribution in [0.25, 0.3) is 10.8 Å². The first-order chi connectivity index (χ1) is 14.8. The van der Waals surface area contributed by atoms with Gasteiger partial charge < -0.3 is 10.1 Å². The van der Waals surface area contributed by atoms with Gasteiger partial charge in [-0.25, -0.2) is 0 Å². The van der Waals surface area contributed by atoms with E-state index in [0.717, 1.165) is 10.8 Å². The maximum absolute atomic E-state index is 13.1. The summed E-state index contributed by atoms with van der Waals surface area (Å²) in [7, 11) is 0. The molecular weight excluding hydrogens is 398 g/mol. The van der Waals surface area contributed by atoms with Crippen LogP contribution in [0.15, 0.2) is 60.7 Å². The Kier molecular flexibility index (Phi) is 5.29. The van der Waals surface area contributed by atoms with Crippen molar-refractivity contribution < 1.29 is 19.2 Å². The predicted molar refractivity (Wildman–Crippen MR) is 117 cm³/mol. The molecule has 0 saturated carbocycles. The van der Waals surface area contributed by atoms with Crippen LogP contribution >= 0.6 is 0 Å². The third-order valence-electron chi connectivity index (χ3n) is 5.18. The summed E-state index contributed by atoms with van der Waals surface area (Å²) in [4.78, 5) is 37.9. The normalized spacial score (nSPS) is 15.5. The largest absolute Gasteiger partial charge is 0.478 e. The van der Waals surface area contributed by atoms with Gasteiger partial charge in [-0.2, -0.15) is 0 Å². The molecule has 0 radical (unpaired) electrons. The molecule has 1 aliphatic rings. The van der Waals surface area contributed by atoms with Gasteiger partial charge in [-0.15, -0.1) is 0 Å². The summed E-state index contributed by atoms with van der Waals surface area (Å²) in [5.41, 5.74) is 0.658. The number of benzene rings is 3. The van der Waals surface area contributed by atoms with Crippen molar-refractivity contribution in [3.8, 4) is 5.75 Å². The minimum atomic E-state index is -0.778. The molecule has 0 aromatic heterocycles. The van der Waals surface area contributed by atoms with Gasteiger partial charge >= 0.3 is 0 Å². The molecule has 8 heteroatoms. The fourth-order valence-corrected chi connectivity index (χ4v) is 3.64. The average molecular weight is 419 g/mol. The van der Waals surface area contributed by atoms with Crippen LogP contribution in [-0.2, 0) is 9.59 Å². The summed E-state index contributed by atoms with van der Waals surface area (Å²) in [5.74, 6) is -0.621. The van der Waals surface area contributed by atoms with E-state index in [1.54, 1.807) is 6.07 Å². The number of carbonyl (C=O) groups is 2. The van der Waals surface area contributed by atoms with E-state index < -0.39 is 22.8 Å². The standard InChI is InChI=1S/C23H21N3O5/c1-14(2)22-23(28)25(19-12-16(26(29)30)10-11-20(19)31-22)13-21(27)24-18-9-5-7-15-6-3-4-8-17(15)18/h3-12,14,22H,13H2,1-2H3,(H,24,27). The van der Waals surface area contributed by atoms with Gasteiger partial charge in [0.1, 0.15) is 12.3 Å². The summed E-state index contributed by atoms with van der Waals surface area (Å²) < 4.78 is 5.78. The molecule has 0 fully saturated rings. The fraction of sp³-hybridized carbons (Fsp3) is 0.217. The fourth-order valence-electron chi connectivity index (χ4n) is 3.64. The van der Waals surface area contributed by atoms with Crippen molar-refractivity contribution in [2.75, 3.05) is 16.8 Å². The smallest absolute Gasteiger partial charge is 0.271 e. The first kappa shape index (κ1) is 20.3. The second-order valence-electron chi connectivity index (χ2n) is 7.69. The highest BCUT2D eigenvalue weighted by molar-refractivity contribution is 6.08. The van der Waals surface area contributed by atoms with Gasteiger partial charge in [0.05, 0.1) is 10.6 Å². The number of amides is 2. The van der Waals surface area contributed by atoms with Gasteiger partial charge in [-0.05, 0) is 23.4 Å². The molecule has 1 atom stereocenters. The number of nitro benzene ring substituents is 1. The van der Waals surface area contributed by atoms with Gasteiger partial charge in [0.2, 0.25) is 5.91 Å². The molecule has 158 valence electrons. The average Bonchev–Trinajstić information content (AvgIpc) is 2.75. The van der Waals surface area contributed by atoms with E-state index in [9.17, 15) is 19.7 Å². The van der Waals surface area contributed by atoms with Crippen molar-refractivity contribution in [3.05, 3.63) is 70.8 Å². The lowest BCUT2D eigenvalue weighted by molar-refractivity contribution is -0.384. The number of nitrogens with one attached hydrogen (secondary N) is 1. The maximum Gasteiger partial charge on any atom is 0.271 e. The molecule has 0 aliphatic carbocycles. The molecular formula is C23H21N3O5. The topological polar surface area (TPSA) is 102 Å².